The quantitative estimate of drug-likeness (QED) is 0.800. The second kappa shape index (κ2) is 6.39. The van der Waals surface area contributed by atoms with Crippen LogP contribution in [-0.4, -0.2) is 36.5 Å². The molecule has 1 amide bonds. The van der Waals surface area contributed by atoms with Crippen LogP contribution in [0.1, 0.15) is 57.8 Å². The Hall–Kier alpha value is -0.570. The zero-order valence-electron chi connectivity index (χ0n) is 11.1. The highest BCUT2D eigenvalue weighted by Crippen LogP contribution is 2.19. The monoisotopic (exact) mass is 238 g/mol. The summed E-state index contributed by atoms with van der Waals surface area (Å²) < 4.78 is 0. The van der Waals surface area contributed by atoms with E-state index in [2.05, 4.69) is 17.3 Å². The molecular formula is C14H26N2O. The highest BCUT2D eigenvalue weighted by molar-refractivity contribution is 5.82. The Morgan fingerprint density at radius 1 is 1.00 bits per heavy atom. The molecule has 17 heavy (non-hydrogen) atoms. The van der Waals surface area contributed by atoms with Gasteiger partial charge < -0.3 is 5.32 Å². The molecule has 0 spiro atoms. The third-order valence-electron chi connectivity index (χ3n) is 4.27. The zero-order valence-corrected chi connectivity index (χ0v) is 11.1. The van der Waals surface area contributed by atoms with Crippen LogP contribution in [0.5, 0.6) is 0 Å². The van der Waals surface area contributed by atoms with E-state index in [9.17, 15) is 4.79 Å². The largest absolute Gasteiger partial charge is 0.352 e. The number of rotatable bonds is 2. The number of likely N-dealkylation sites (N-methyl/N-ethyl adjacent to an activating group) is 1. The molecule has 0 aromatic rings. The molecule has 0 radical (unpaired) electrons. The summed E-state index contributed by atoms with van der Waals surface area (Å²) >= 11 is 0. The fraction of sp³-hybridized carbons (Fsp3) is 0.929. The number of likely N-dealkylation sites (tertiary alicyclic amines) is 1. The van der Waals surface area contributed by atoms with E-state index in [0.717, 1.165) is 13.0 Å². The number of nitrogens with one attached hydrogen (secondary N) is 1. The second-order valence-electron chi connectivity index (χ2n) is 5.69. The lowest BCUT2D eigenvalue weighted by Crippen LogP contribution is -2.45. The summed E-state index contributed by atoms with van der Waals surface area (Å²) in [4.78, 5) is 14.4. The Morgan fingerprint density at radius 2 is 1.65 bits per heavy atom. The van der Waals surface area contributed by atoms with Gasteiger partial charge in [-0.05, 0) is 39.3 Å². The molecule has 1 aliphatic carbocycles. The molecule has 3 nitrogen and oxygen atoms in total. The van der Waals surface area contributed by atoms with Gasteiger partial charge in [0.05, 0.1) is 6.04 Å². The van der Waals surface area contributed by atoms with Crippen molar-refractivity contribution in [1.29, 1.82) is 0 Å². The third-order valence-corrected chi connectivity index (χ3v) is 4.27. The van der Waals surface area contributed by atoms with Crippen molar-refractivity contribution in [3.63, 3.8) is 0 Å². The summed E-state index contributed by atoms with van der Waals surface area (Å²) in [5.41, 5.74) is 0. The summed E-state index contributed by atoms with van der Waals surface area (Å²) in [6.07, 6.45) is 11.2. The molecule has 3 heteroatoms. The van der Waals surface area contributed by atoms with Gasteiger partial charge in [0.25, 0.3) is 0 Å². The van der Waals surface area contributed by atoms with E-state index < -0.39 is 0 Å². The van der Waals surface area contributed by atoms with Gasteiger partial charge in [-0.25, -0.2) is 0 Å². The molecule has 1 unspecified atom stereocenters. The SMILES string of the molecule is CN1CCCC1C(=O)NC1CCCCCCC1. The minimum absolute atomic E-state index is 0.139. The van der Waals surface area contributed by atoms with Crippen LogP contribution >= 0.6 is 0 Å². The highest BCUT2D eigenvalue weighted by Gasteiger charge is 2.28. The van der Waals surface area contributed by atoms with Crippen molar-refractivity contribution in [3.05, 3.63) is 0 Å². The van der Waals surface area contributed by atoms with Crippen LogP contribution in [-0.2, 0) is 4.79 Å². The molecule has 1 saturated carbocycles. The predicted molar refractivity (Wildman–Crippen MR) is 69.9 cm³/mol. The van der Waals surface area contributed by atoms with Gasteiger partial charge in [-0.3, -0.25) is 9.69 Å². The minimum atomic E-state index is 0.139. The molecule has 0 bridgehead atoms. The Morgan fingerprint density at radius 3 is 2.24 bits per heavy atom. The average Bonchev–Trinajstić information content (AvgIpc) is 2.68. The molecule has 1 heterocycles. The van der Waals surface area contributed by atoms with E-state index in [1.165, 1.54) is 51.4 Å². The minimum Gasteiger partial charge on any atom is -0.352 e. The smallest absolute Gasteiger partial charge is 0.237 e. The van der Waals surface area contributed by atoms with E-state index in [4.69, 9.17) is 0 Å². The van der Waals surface area contributed by atoms with Crippen molar-refractivity contribution in [2.75, 3.05) is 13.6 Å². The third kappa shape index (κ3) is 3.70. The first-order valence-electron chi connectivity index (χ1n) is 7.28. The van der Waals surface area contributed by atoms with E-state index in [-0.39, 0.29) is 11.9 Å². The van der Waals surface area contributed by atoms with Gasteiger partial charge in [0.15, 0.2) is 0 Å². The second-order valence-corrected chi connectivity index (χ2v) is 5.69. The fourth-order valence-corrected chi connectivity index (χ4v) is 3.14. The van der Waals surface area contributed by atoms with Crippen molar-refractivity contribution in [2.45, 2.75) is 69.9 Å². The van der Waals surface area contributed by atoms with E-state index in [1.54, 1.807) is 0 Å². The molecule has 2 rings (SSSR count). The predicted octanol–water partition coefficient (Wildman–Crippen LogP) is 2.31. The maximum Gasteiger partial charge on any atom is 0.237 e. The molecule has 0 aromatic carbocycles. The first kappa shape index (κ1) is 12.9. The van der Waals surface area contributed by atoms with Gasteiger partial charge in [0, 0.05) is 6.04 Å². The Balaban J connectivity index is 1.79. The van der Waals surface area contributed by atoms with E-state index in [1.807, 2.05) is 0 Å². The van der Waals surface area contributed by atoms with Gasteiger partial charge in [0.2, 0.25) is 5.91 Å². The number of nitrogens with zero attached hydrogens (tertiary/aromatic N) is 1. The fourth-order valence-electron chi connectivity index (χ4n) is 3.14. The van der Waals surface area contributed by atoms with Crippen LogP contribution in [0.15, 0.2) is 0 Å². The first-order valence-corrected chi connectivity index (χ1v) is 7.28. The van der Waals surface area contributed by atoms with Crippen molar-refractivity contribution < 1.29 is 4.79 Å². The first-order chi connectivity index (χ1) is 8.27. The van der Waals surface area contributed by atoms with Crippen molar-refractivity contribution in [2.24, 2.45) is 0 Å². The summed E-state index contributed by atoms with van der Waals surface area (Å²) in [6, 6.07) is 0.581. The van der Waals surface area contributed by atoms with Crippen molar-refractivity contribution in [3.8, 4) is 0 Å². The molecule has 1 N–H and O–H groups in total. The van der Waals surface area contributed by atoms with E-state index >= 15 is 0 Å². The Bertz CT molecular complexity index is 247. The van der Waals surface area contributed by atoms with Crippen LogP contribution in [0.25, 0.3) is 0 Å². The van der Waals surface area contributed by atoms with Crippen LogP contribution in [0.3, 0.4) is 0 Å². The summed E-state index contributed by atoms with van der Waals surface area (Å²) in [5.74, 6) is 0.274. The number of carbonyl (C=O) groups is 1. The summed E-state index contributed by atoms with van der Waals surface area (Å²) in [7, 11) is 2.06. The topological polar surface area (TPSA) is 32.3 Å². The zero-order chi connectivity index (χ0) is 12.1. The van der Waals surface area contributed by atoms with Crippen molar-refractivity contribution >= 4 is 5.91 Å². The normalized spacial score (nSPS) is 28.6. The molecule has 1 aliphatic heterocycles. The molecule has 1 saturated heterocycles. The molecule has 98 valence electrons. The lowest BCUT2D eigenvalue weighted by Gasteiger charge is -2.25. The van der Waals surface area contributed by atoms with Crippen LogP contribution < -0.4 is 5.32 Å². The summed E-state index contributed by atoms with van der Waals surface area (Å²) in [6.45, 7) is 1.07. The maximum absolute atomic E-state index is 12.2. The number of hydrogen-bond acceptors (Lipinski definition) is 2. The molecular weight excluding hydrogens is 212 g/mol. The molecule has 0 aromatic heterocycles. The van der Waals surface area contributed by atoms with Gasteiger partial charge >= 0.3 is 0 Å². The van der Waals surface area contributed by atoms with Gasteiger partial charge in [-0.2, -0.15) is 0 Å². The van der Waals surface area contributed by atoms with Gasteiger partial charge in [0.1, 0.15) is 0 Å². The lowest BCUT2D eigenvalue weighted by molar-refractivity contribution is -0.125. The Kier molecular flexibility index (Phi) is 4.84. The van der Waals surface area contributed by atoms with E-state index in [0.29, 0.717) is 6.04 Å². The standard InChI is InChI=1S/C14H26N2O/c1-16-11-7-10-13(16)14(17)15-12-8-5-3-2-4-6-9-12/h12-13H,2-11H2,1H3,(H,15,17). The molecule has 1 atom stereocenters. The Labute approximate surface area is 105 Å². The van der Waals surface area contributed by atoms with Crippen LogP contribution in [0.4, 0.5) is 0 Å². The highest BCUT2D eigenvalue weighted by atomic mass is 16.2. The summed E-state index contributed by atoms with van der Waals surface area (Å²) in [5, 5.41) is 3.28. The average molecular weight is 238 g/mol. The van der Waals surface area contributed by atoms with Gasteiger partial charge in [-0.15, -0.1) is 0 Å². The number of amides is 1. The van der Waals surface area contributed by atoms with Gasteiger partial charge in [-0.1, -0.05) is 32.1 Å². The number of carbonyl (C=O) groups excluding carboxylic acids is 1. The number of hydrogen-bond donors (Lipinski definition) is 1. The maximum atomic E-state index is 12.2. The van der Waals surface area contributed by atoms with Crippen molar-refractivity contribution in [1.82, 2.24) is 10.2 Å². The van der Waals surface area contributed by atoms with Crippen LogP contribution in [0.2, 0.25) is 0 Å². The molecule has 2 aliphatic rings. The lowest BCUT2D eigenvalue weighted by atomic mass is 9.96. The van der Waals surface area contributed by atoms with Crippen LogP contribution in [0, 0.1) is 0 Å². The molecule has 2 fully saturated rings.